The molecule has 0 radical (unpaired) electrons. The molecule has 0 fully saturated rings. The van der Waals surface area contributed by atoms with Crippen molar-refractivity contribution in [3.05, 3.63) is 78.4 Å². The topological polar surface area (TPSA) is 55.4 Å². The van der Waals surface area contributed by atoms with Gasteiger partial charge in [0.15, 0.2) is 6.10 Å². The first-order valence-corrected chi connectivity index (χ1v) is 7.70. The van der Waals surface area contributed by atoms with Crippen molar-refractivity contribution in [2.75, 3.05) is 5.32 Å². The first kappa shape index (κ1) is 15.7. The Morgan fingerprint density at radius 2 is 1.54 bits per heavy atom. The first-order valence-electron chi connectivity index (χ1n) is 7.70. The van der Waals surface area contributed by atoms with Crippen molar-refractivity contribution in [2.45, 2.75) is 13.0 Å². The highest BCUT2D eigenvalue weighted by atomic mass is 16.5. The molecule has 4 nitrogen and oxygen atoms in total. The number of benzene rings is 3. The van der Waals surface area contributed by atoms with Gasteiger partial charge >= 0.3 is 5.97 Å². The van der Waals surface area contributed by atoms with E-state index in [1.807, 2.05) is 48.5 Å². The average Bonchev–Trinajstić information content (AvgIpc) is 2.62. The van der Waals surface area contributed by atoms with Gasteiger partial charge in [-0.15, -0.1) is 0 Å². The SMILES string of the molecule is C[C@H](OC(=O)c1ccccc1)C(=O)Nc1cccc2ccccc12. The maximum atomic E-state index is 12.3. The standard InChI is InChI=1S/C20H17NO3/c1-14(24-20(23)16-9-3-2-4-10-16)19(22)21-18-13-7-11-15-8-5-6-12-17(15)18/h2-14H,1H3,(H,21,22)/t14-/m0/s1. The third kappa shape index (κ3) is 3.43. The summed E-state index contributed by atoms with van der Waals surface area (Å²) in [6, 6.07) is 22.1. The van der Waals surface area contributed by atoms with E-state index in [1.54, 1.807) is 31.2 Å². The largest absolute Gasteiger partial charge is 0.449 e. The van der Waals surface area contributed by atoms with E-state index in [9.17, 15) is 9.59 Å². The fourth-order valence-electron chi connectivity index (χ4n) is 2.43. The number of carbonyl (C=O) groups is 2. The molecule has 1 amide bonds. The molecule has 4 heteroatoms. The lowest BCUT2D eigenvalue weighted by Gasteiger charge is -2.14. The molecule has 0 heterocycles. The summed E-state index contributed by atoms with van der Waals surface area (Å²) >= 11 is 0. The van der Waals surface area contributed by atoms with Gasteiger partial charge in [0.05, 0.1) is 5.56 Å². The van der Waals surface area contributed by atoms with Gasteiger partial charge in [-0.3, -0.25) is 4.79 Å². The first-order chi connectivity index (χ1) is 11.6. The van der Waals surface area contributed by atoms with Crippen LogP contribution in [0.15, 0.2) is 72.8 Å². The molecule has 1 atom stereocenters. The van der Waals surface area contributed by atoms with E-state index >= 15 is 0 Å². The van der Waals surface area contributed by atoms with Gasteiger partial charge in [-0.2, -0.15) is 0 Å². The Hall–Kier alpha value is -3.14. The van der Waals surface area contributed by atoms with Crippen LogP contribution in [0.2, 0.25) is 0 Å². The molecule has 120 valence electrons. The number of amides is 1. The number of hydrogen-bond donors (Lipinski definition) is 1. The van der Waals surface area contributed by atoms with Crippen molar-refractivity contribution in [3.8, 4) is 0 Å². The van der Waals surface area contributed by atoms with Crippen LogP contribution in [-0.4, -0.2) is 18.0 Å². The van der Waals surface area contributed by atoms with Crippen LogP contribution in [0, 0.1) is 0 Å². The molecule has 3 aromatic carbocycles. The minimum absolute atomic E-state index is 0.365. The van der Waals surface area contributed by atoms with Gasteiger partial charge in [-0.1, -0.05) is 54.6 Å². The summed E-state index contributed by atoms with van der Waals surface area (Å²) in [6.07, 6.45) is -0.892. The molecule has 0 aliphatic carbocycles. The van der Waals surface area contributed by atoms with Gasteiger partial charge in [-0.05, 0) is 30.5 Å². The van der Waals surface area contributed by atoms with E-state index in [-0.39, 0.29) is 5.91 Å². The number of rotatable bonds is 4. The fraction of sp³-hybridized carbons (Fsp3) is 0.100. The highest BCUT2D eigenvalue weighted by Crippen LogP contribution is 2.23. The summed E-state index contributed by atoms with van der Waals surface area (Å²) in [5.74, 6) is -0.883. The van der Waals surface area contributed by atoms with Crippen LogP contribution in [0.1, 0.15) is 17.3 Å². The summed E-state index contributed by atoms with van der Waals surface area (Å²) in [5, 5.41) is 4.80. The Morgan fingerprint density at radius 1 is 0.875 bits per heavy atom. The Morgan fingerprint density at radius 3 is 2.33 bits per heavy atom. The number of esters is 1. The third-order valence-electron chi connectivity index (χ3n) is 3.71. The van der Waals surface area contributed by atoms with Crippen molar-refractivity contribution in [3.63, 3.8) is 0 Å². The fourth-order valence-corrected chi connectivity index (χ4v) is 2.43. The Bertz CT molecular complexity index is 869. The molecular weight excluding hydrogens is 302 g/mol. The van der Waals surface area contributed by atoms with Gasteiger partial charge in [0, 0.05) is 11.1 Å². The predicted octanol–water partition coefficient (Wildman–Crippen LogP) is 4.02. The number of carbonyl (C=O) groups excluding carboxylic acids is 2. The van der Waals surface area contributed by atoms with Crippen molar-refractivity contribution in [2.24, 2.45) is 0 Å². The second-order valence-electron chi connectivity index (χ2n) is 5.43. The molecule has 0 saturated carbocycles. The molecule has 0 aliphatic heterocycles. The maximum Gasteiger partial charge on any atom is 0.338 e. The van der Waals surface area contributed by atoms with Crippen molar-refractivity contribution in [1.29, 1.82) is 0 Å². The lowest BCUT2D eigenvalue weighted by Crippen LogP contribution is -2.30. The van der Waals surface area contributed by atoms with Crippen LogP contribution in [-0.2, 0) is 9.53 Å². The highest BCUT2D eigenvalue weighted by Gasteiger charge is 2.19. The zero-order chi connectivity index (χ0) is 16.9. The molecule has 0 bridgehead atoms. The van der Waals surface area contributed by atoms with Gasteiger partial charge in [0.1, 0.15) is 0 Å². The summed E-state index contributed by atoms with van der Waals surface area (Å²) in [4.78, 5) is 24.4. The normalized spacial score (nSPS) is 11.7. The monoisotopic (exact) mass is 319 g/mol. The molecule has 1 N–H and O–H groups in total. The zero-order valence-electron chi connectivity index (χ0n) is 13.2. The number of fused-ring (bicyclic) bond motifs is 1. The lowest BCUT2D eigenvalue weighted by molar-refractivity contribution is -0.123. The average molecular weight is 319 g/mol. The summed E-state index contributed by atoms with van der Waals surface area (Å²) in [7, 11) is 0. The number of anilines is 1. The smallest absolute Gasteiger partial charge is 0.338 e. The molecule has 0 aromatic heterocycles. The molecule has 0 aliphatic rings. The Kier molecular flexibility index (Phi) is 4.57. The van der Waals surface area contributed by atoms with E-state index in [0.29, 0.717) is 11.3 Å². The quantitative estimate of drug-likeness (QED) is 0.739. The van der Waals surface area contributed by atoms with Crippen LogP contribution in [0.3, 0.4) is 0 Å². The van der Waals surface area contributed by atoms with E-state index in [4.69, 9.17) is 4.74 Å². The van der Waals surface area contributed by atoms with Crippen LogP contribution >= 0.6 is 0 Å². The van der Waals surface area contributed by atoms with Crippen LogP contribution in [0.25, 0.3) is 10.8 Å². The molecule has 3 rings (SSSR count). The number of nitrogens with one attached hydrogen (secondary N) is 1. The lowest BCUT2D eigenvalue weighted by atomic mass is 10.1. The van der Waals surface area contributed by atoms with E-state index in [2.05, 4.69) is 5.32 Å². The van der Waals surface area contributed by atoms with Crippen LogP contribution in [0.4, 0.5) is 5.69 Å². The van der Waals surface area contributed by atoms with Crippen LogP contribution < -0.4 is 5.32 Å². The summed E-state index contributed by atoms with van der Waals surface area (Å²) in [6.45, 7) is 1.56. The van der Waals surface area contributed by atoms with Crippen molar-refractivity contribution < 1.29 is 14.3 Å². The summed E-state index contributed by atoms with van der Waals surface area (Å²) in [5.41, 5.74) is 1.11. The van der Waals surface area contributed by atoms with Crippen molar-refractivity contribution in [1.82, 2.24) is 0 Å². The highest BCUT2D eigenvalue weighted by molar-refractivity contribution is 6.04. The minimum Gasteiger partial charge on any atom is -0.449 e. The molecule has 24 heavy (non-hydrogen) atoms. The second kappa shape index (κ2) is 6.96. The van der Waals surface area contributed by atoms with E-state index < -0.39 is 12.1 Å². The van der Waals surface area contributed by atoms with Crippen LogP contribution in [0.5, 0.6) is 0 Å². The number of hydrogen-bond acceptors (Lipinski definition) is 3. The molecule has 0 unspecified atom stereocenters. The van der Waals surface area contributed by atoms with Gasteiger partial charge in [-0.25, -0.2) is 4.79 Å². The van der Waals surface area contributed by atoms with Gasteiger partial charge < -0.3 is 10.1 Å². The minimum atomic E-state index is -0.892. The Labute approximate surface area is 140 Å². The number of ether oxygens (including phenoxy) is 1. The molecule has 0 spiro atoms. The Balaban J connectivity index is 1.71. The van der Waals surface area contributed by atoms with E-state index in [1.165, 1.54) is 0 Å². The second-order valence-corrected chi connectivity index (χ2v) is 5.43. The molecule has 3 aromatic rings. The predicted molar refractivity (Wildman–Crippen MR) is 93.9 cm³/mol. The third-order valence-corrected chi connectivity index (χ3v) is 3.71. The van der Waals surface area contributed by atoms with E-state index in [0.717, 1.165) is 10.8 Å². The molecular formula is C20H17NO3. The zero-order valence-corrected chi connectivity index (χ0v) is 13.2. The molecule has 0 saturated heterocycles. The van der Waals surface area contributed by atoms with Gasteiger partial charge in [0.2, 0.25) is 0 Å². The van der Waals surface area contributed by atoms with Crippen molar-refractivity contribution >= 4 is 28.3 Å². The summed E-state index contributed by atoms with van der Waals surface area (Å²) < 4.78 is 5.23. The van der Waals surface area contributed by atoms with Gasteiger partial charge in [0.25, 0.3) is 5.91 Å². The maximum absolute atomic E-state index is 12.3.